The zero-order chi connectivity index (χ0) is 10.9. The first-order valence-corrected chi connectivity index (χ1v) is 4.43. The molecular formula is C11H14FNO. The Hall–Kier alpha value is -1.38. The van der Waals surface area contributed by atoms with Gasteiger partial charge in [-0.25, -0.2) is 4.39 Å². The van der Waals surface area contributed by atoms with E-state index in [4.69, 9.17) is 5.73 Å². The van der Waals surface area contributed by atoms with Crippen LogP contribution in [0.5, 0.6) is 0 Å². The maximum absolute atomic E-state index is 13.7. The summed E-state index contributed by atoms with van der Waals surface area (Å²) in [6.07, 6.45) is 0. The van der Waals surface area contributed by atoms with Crippen LogP contribution >= 0.6 is 0 Å². The van der Waals surface area contributed by atoms with E-state index in [2.05, 4.69) is 0 Å². The van der Waals surface area contributed by atoms with E-state index in [1.54, 1.807) is 12.1 Å². The van der Waals surface area contributed by atoms with Crippen LogP contribution in [0.1, 0.15) is 36.7 Å². The van der Waals surface area contributed by atoms with Crippen LogP contribution in [0.25, 0.3) is 0 Å². The molecule has 14 heavy (non-hydrogen) atoms. The van der Waals surface area contributed by atoms with Crippen LogP contribution in [0, 0.1) is 5.82 Å². The van der Waals surface area contributed by atoms with Gasteiger partial charge >= 0.3 is 0 Å². The molecule has 0 aromatic heterocycles. The van der Waals surface area contributed by atoms with E-state index < -0.39 is 11.7 Å². The number of nitrogens with two attached hydrogens (primary N) is 1. The summed E-state index contributed by atoms with van der Waals surface area (Å²) < 4.78 is 13.7. The Morgan fingerprint density at radius 3 is 2.36 bits per heavy atom. The van der Waals surface area contributed by atoms with Crippen LogP contribution in [0.2, 0.25) is 0 Å². The summed E-state index contributed by atoms with van der Waals surface area (Å²) in [7, 11) is 0. The Kier molecular flexibility index (Phi) is 2.60. The van der Waals surface area contributed by atoms with E-state index in [9.17, 15) is 9.18 Å². The van der Waals surface area contributed by atoms with Gasteiger partial charge in [0.25, 0.3) is 5.91 Å². The van der Waals surface area contributed by atoms with Crippen LogP contribution in [0.15, 0.2) is 18.2 Å². The molecule has 0 saturated carbocycles. The van der Waals surface area contributed by atoms with Gasteiger partial charge in [0.2, 0.25) is 0 Å². The van der Waals surface area contributed by atoms with Gasteiger partial charge in [-0.15, -0.1) is 0 Å². The lowest BCUT2D eigenvalue weighted by atomic mass is 9.85. The van der Waals surface area contributed by atoms with Gasteiger partial charge in [-0.2, -0.15) is 0 Å². The topological polar surface area (TPSA) is 43.1 Å². The van der Waals surface area contributed by atoms with Gasteiger partial charge in [0.1, 0.15) is 5.82 Å². The maximum Gasteiger partial charge on any atom is 0.251 e. The number of hydrogen-bond acceptors (Lipinski definition) is 1. The highest BCUT2D eigenvalue weighted by Gasteiger charge is 2.21. The molecular weight excluding hydrogens is 181 g/mol. The Morgan fingerprint density at radius 1 is 1.36 bits per heavy atom. The maximum atomic E-state index is 13.7. The molecule has 0 aliphatic carbocycles. The average Bonchev–Trinajstić information content (AvgIpc) is 2.01. The van der Waals surface area contributed by atoms with Crippen molar-refractivity contribution in [2.75, 3.05) is 0 Å². The molecule has 0 unspecified atom stereocenters. The number of amides is 1. The molecule has 0 atom stereocenters. The molecule has 0 aliphatic heterocycles. The second kappa shape index (κ2) is 3.40. The molecule has 76 valence electrons. The van der Waals surface area contributed by atoms with E-state index in [1.165, 1.54) is 6.07 Å². The van der Waals surface area contributed by atoms with Crippen molar-refractivity contribution in [1.82, 2.24) is 0 Å². The smallest absolute Gasteiger partial charge is 0.251 e. The van der Waals surface area contributed by atoms with Gasteiger partial charge in [-0.05, 0) is 17.0 Å². The fraction of sp³-hybridized carbons (Fsp3) is 0.364. The summed E-state index contributed by atoms with van der Waals surface area (Å²) >= 11 is 0. The number of hydrogen-bond donors (Lipinski definition) is 1. The van der Waals surface area contributed by atoms with Crippen molar-refractivity contribution in [2.24, 2.45) is 5.73 Å². The second-order valence-electron chi connectivity index (χ2n) is 4.28. The van der Waals surface area contributed by atoms with Crippen molar-refractivity contribution < 1.29 is 9.18 Å². The molecule has 2 N–H and O–H groups in total. The highest BCUT2D eigenvalue weighted by molar-refractivity contribution is 5.93. The summed E-state index contributed by atoms with van der Waals surface area (Å²) in [5, 5.41) is 0. The Balaban J connectivity index is 3.35. The van der Waals surface area contributed by atoms with Crippen LogP contribution < -0.4 is 5.73 Å². The fourth-order valence-corrected chi connectivity index (χ4v) is 1.30. The second-order valence-corrected chi connectivity index (χ2v) is 4.28. The molecule has 2 nitrogen and oxygen atoms in total. The molecule has 3 heteroatoms. The number of rotatable bonds is 1. The first kappa shape index (κ1) is 10.7. The molecule has 0 bridgehead atoms. The SMILES string of the molecule is CC(C)(C)c1cccc(C(N)=O)c1F. The minimum absolute atomic E-state index is 0.0441. The summed E-state index contributed by atoms with van der Waals surface area (Å²) in [6, 6.07) is 4.71. The van der Waals surface area contributed by atoms with E-state index in [0.717, 1.165) is 0 Å². The molecule has 1 aromatic carbocycles. The zero-order valence-electron chi connectivity index (χ0n) is 8.60. The van der Waals surface area contributed by atoms with Crippen molar-refractivity contribution in [3.63, 3.8) is 0 Å². The predicted octanol–water partition coefficient (Wildman–Crippen LogP) is 2.22. The van der Waals surface area contributed by atoms with E-state index >= 15 is 0 Å². The molecule has 1 rings (SSSR count). The number of carbonyl (C=O) groups excluding carboxylic acids is 1. The Bertz CT molecular complexity index is 366. The number of carbonyl (C=O) groups is 1. The van der Waals surface area contributed by atoms with Gasteiger partial charge in [-0.1, -0.05) is 32.9 Å². The van der Waals surface area contributed by atoms with Crippen molar-refractivity contribution in [3.8, 4) is 0 Å². The van der Waals surface area contributed by atoms with Gasteiger partial charge in [0.05, 0.1) is 5.56 Å². The summed E-state index contributed by atoms with van der Waals surface area (Å²) in [5.74, 6) is -1.24. The van der Waals surface area contributed by atoms with Gasteiger partial charge in [0, 0.05) is 0 Å². The largest absolute Gasteiger partial charge is 0.366 e. The van der Waals surface area contributed by atoms with Crippen LogP contribution in [0.4, 0.5) is 4.39 Å². The van der Waals surface area contributed by atoms with Crippen LogP contribution in [-0.4, -0.2) is 5.91 Å². The minimum Gasteiger partial charge on any atom is -0.366 e. The zero-order valence-corrected chi connectivity index (χ0v) is 8.60. The van der Waals surface area contributed by atoms with E-state index in [-0.39, 0.29) is 11.0 Å². The number of halogens is 1. The Labute approximate surface area is 82.9 Å². The van der Waals surface area contributed by atoms with Crippen LogP contribution in [0.3, 0.4) is 0 Å². The van der Waals surface area contributed by atoms with Crippen LogP contribution in [-0.2, 0) is 5.41 Å². The van der Waals surface area contributed by atoms with Gasteiger partial charge in [-0.3, -0.25) is 4.79 Å². The fourth-order valence-electron chi connectivity index (χ4n) is 1.30. The molecule has 0 spiro atoms. The standard InChI is InChI=1S/C11H14FNO/c1-11(2,3)8-6-4-5-7(9(8)12)10(13)14/h4-6H,1-3H3,(H2,13,14). The minimum atomic E-state index is -0.728. The van der Waals surface area contributed by atoms with E-state index in [1.807, 2.05) is 20.8 Å². The highest BCUT2D eigenvalue weighted by Crippen LogP contribution is 2.26. The average molecular weight is 195 g/mol. The molecule has 0 saturated heterocycles. The number of benzene rings is 1. The third-order valence-electron chi connectivity index (χ3n) is 2.07. The lowest BCUT2D eigenvalue weighted by Gasteiger charge is -2.20. The third kappa shape index (κ3) is 1.92. The first-order valence-electron chi connectivity index (χ1n) is 4.43. The normalized spacial score (nSPS) is 11.4. The molecule has 0 radical (unpaired) electrons. The summed E-state index contributed by atoms with van der Waals surface area (Å²) in [6.45, 7) is 5.66. The molecule has 1 aromatic rings. The molecule has 0 heterocycles. The highest BCUT2D eigenvalue weighted by atomic mass is 19.1. The lowest BCUT2D eigenvalue weighted by molar-refractivity contribution is 0.0996. The quantitative estimate of drug-likeness (QED) is 0.733. The van der Waals surface area contributed by atoms with Crippen molar-refractivity contribution >= 4 is 5.91 Å². The molecule has 0 fully saturated rings. The first-order chi connectivity index (χ1) is 6.34. The van der Waals surface area contributed by atoms with E-state index in [0.29, 0.717) is 5.56 Å². The third-order valence-corrected chi connectivity index (χ3v) is 2.07. The van der Waals surface area contributed by atoms with Crippen molar-refractivity contribution in [3.05, 3.63) is 35.1 Å². The summed E-state index contributed by atoms with van der Waals surface area (Å²) in [5.41, 5.74) is 5.19. The summed E-state index contributed by atoms with van der Waals surface area (Å²) in [4.78, 5) is 10.9. The van der Waals surface area contributed by atoms with Gasteiger partial charge in [0.15, 0.2) is 0 Å². The van der Waals surface area contributed by atoms with Crippen molar-refractivity contribution in [1.29, 1.82) is 0 Å². The van der Waals surface area contributed by atoms with Crippen molar-refractivity contribution in [2.45, 2.75) is 26.2 Å². The molecule has 0 aliphatic rings. The molecule has 1 amide bonds. The Morgan fingerprint density at radius 2 is 1.93 bits per heavy atom. The van der Waals surface area contributed by atoms with Gasteiger partial charge < -0.3 is 5.73 Å². The predicted molar refractivity (Wildman–Crippen MR) is 53.6 cm³/mol. The monoisotopic (exact) mass is 195 g/mol. The lowest BCUT2D eigenvalue weighted by Crippen LogP contribution is -2.19. The number of primary amides is 1.